The van der Waals surface area contributed by atoms with Crippen molar-refractivity contribution < 1.29 is 24.0 Å². The molecule has 10 heteroatoms. The molecule has 9 nitrogen and oxygen atoms in total. The summed E-state index contributed by atoms with van der Waals surface area (Å²) in [5.41, 5.74) is 0. The number of ketones is 2. The highest BCUT2D eigenvalue weighted by atomic mass is 79.9. The number of hydrogen-bond acceptors (Lipinski definition) is 6. The third-order valence-corrected chi connectivity index (χ3v) is 5.39. The van der Waals surface area contributed by atoms with Crippen molar-refractivity contribution in [1.29, 1.82) is 0 Å². The number of nitrogens with one attached hydrogen (secondary N) is 2. The topological polar surface area (TPSA) is 116 Å². The van der Waals surface area contributed by atoms with Crippen molar-refractivity contribution in [2.45, 2.75) is 57.2 Å². The SMILES string of the molecule is CN[C@H]1CCC(=O)N2CCC[C@@H](C(=O)N[C@@H](CC(C)=O)C(=O)CBr)N2C1=O. The minimum atomic E-state index is -0.956. The summed E-state index contributed by atoms with van der Waals surface area (Å²) < 4.78 is 0. The quantitative estimate of drug-likeness (QED) is 0.512. The smallest absolute Gasteiger partial charge is 0.259 e. The maximum Gasteiger partial charge on any atom is 0.259 e. The van der Waals surface area contributed by atoms with E-state index in [9.17, 15) is 24.0 Å². The summed E-state index contributed by atoms with van der Waals surface area (Å²) >= 11 is 3.05. The van der Waals surface area contributed by atoms with E-state index in [0.29, 0.717) is 25.8 Å². The fraction of sp³-hybridized carbons (Fsp3) is 0.706. The van der Waals surface area contributed by atoms with E-state index in [2.05, 4.69) is 26.6 Å². The molecule has 3 atom stereocenters. The van der Waals surface area contributed by atoms with Crippen molar-refractivity contribution in [3.8, 4) is 0 Å². The summed E-state index contributed by atoms with van der Waals surface area (Å²) in [5.74, 6) is -1.61. The van der Waals surface area contributed by atoms with E-state index in [4.69, 9.17) is 0 Å². The molecule has 0 saturated carbocycles. The number of alkyl halides is 1. The lowest BCUT2D eigenvalue weighted by Crippen LogP contribution is -2.64. The standard InChI is InChI=1S/C17H25BrN4O5/c1-10(23)8-12(14(24)9-18)20-16(26)13-4-3-7-21-15(25)6-5-11(19-2)17(27)22(13)21/h11-13,19H,3-9H2,1-2H3,(H,20,26)/t11-,12-,13-/m0/s1. The number of halogens is 1. The van der Waals surface area contributed by atoms with E-state index in [-0.39, 0.29) is 41.6 Å². The lowest BCUT2D eigenvalue weighted by molar-refractivity contribution is -0.176. The van der Waals surface area contributed by atoms with Crippen molar-refractivity contribution in [1.82, 2.24) is 20.7 Å². The molecule has 150 valence electrons. The van der Waals surface area contributed by atoms with E-state index >= 15 is 0 Å². The lowest BCUT2D eigenvalue weighted by Gasteiger charge is -2.43. The molecule has 0 aromatic heterocycles. The Bertz CT molecular complexity index is 641. The third kappa shape index (κ3) is 4.92. The predicted molar refractivity (Wildman–Crippen MR) is 99.7 cm³/mol. The van der Waals surface area contributed by atoms with Crippen molar-refractivity contribution in [2.24, 2.45) is 0 Å². The summed E-state index contributed by atoms with van der Waals surface area (Å²) in [7, 11) is 1.64. The van der Waals surface area contributed by atoms with E-state index in [1.807, 2.05) is 0 Å². The molecule has 2 saturated heterocycles. The molecule has 0 aliphatic carbocycles. The molecule has 3 amide bonds. The zero-order chi connectivity index (χ0) is 20.1. The average Bonchev–Trinajstić information content (AvgIpc) is 2.77. The first-order chi connectivity index (χ1) is 12.8. The number of fused-ring (bicyclic) bond motifs is 1. The molecule has 0 radical (unpaired) electrons. The summed E-state index contributed by atoms with van der Waals surface area (Å²) in [5, 5.41) is 8.08. The number of hydrazine groups is 1. The first kappa shape index (κ1) is 21.5. The fourth-order valence-electron chi connectivity index (χ4n) is 3.43. The minimum Gasteiger partial charge on any atom is -0.344 e. The monoisotopic (exact) mass is 444 g/mol. The molecule has 2 rings (SSSR count). The molecule has 2 fully saturated rings. The molecule has 2 aliphatic rings. The molecular formula is C17H25BrN4O5. The van der Waals surface area contributed by atoms with Gasteiger partial charge >= 0.3 is 0 Å². The minimum absolute atomic E-state index is 0.00494. The Hall–Kier alpha value is -1.81. The summed E-state index contributed by atoms with van der Waals surface area (Å²) in [6.45, 7) is 1.72. The number of carbonyl (C=O) groups is 5. The van der Waals surface area contributed by atoms with Gasteiger partial charge in [0.1, 0.15) is 11.8 Å². The van der Waals surface area contributed by atoms with Crippen molar-refractivity contribution in [2.75, 3.05) is 18.9 Å². The van der Waals surface area contributed by atoms with E-state index < -0.39 is 24.0 Å². The van der Waals surface area contributed by atoms with Gasteiger partial charge in [0.25, 0.3) is 5.91 Å². The van der Waals surface area contributed by atoms with Crippen LogP contribution in [-0.4, -0.2) is 76.4 Å². The van der Waals surface area contributed by atoms with Crippen molar-refractivity contribution >= 4 is 45.2 Å². The van der Waals surface area contributed by atoms with E-state index in [0.717, 1.165) is 0 Å². The Morgan fingerprint density at radius 2 is 1.96 bits per heavy atom. The molecule has 0 aromatic carbocycles. The van der Waals surface area contributed by atoms with Crippen LogP contribution in [0.5, 0.6) is 0 Å². The van der Waals surface area contributed by atoms with Gasteiger partial charge in [0.05, 0.1) is 17.4 Å². The second-order valence-electron chi connectivity index (χ2n) is 6.80. The van der Waals surface area contributed by atoms with Gasteiger partial charge in [-0.2, -0.15) is 0 Å². The zero-order valence-electron chi connectivity index (χ0n) is 15.5. The van der Waals surface area contributed by atoms with Gasteiger partial charge in [-0.25, -0.2) is 5.01 Å². The predicted octanol–water partition coefficient (Wildman–Crippen LogP) is -0.469. The highest BCUT2D eigenvalue weighted by Crippen LogP contribution is 2.25. The fourth-order valence-corrected chi connectivity index (χ4v) is 3.82. The van der Waals surface area contributed by atoms with Crippen LogP contribution >= 0.6 is 15.9 Å². The highest BCUT2D eigenvalue weighted by molar-refractivity contribution is 9.09. The van der Waals surface area contributed by atoms with Gasteiger partial charge in [-0.1, -0.05) is 15.9 Å². The molecule has 0 unspecified atom stereocenters. The molecule has 2 heterocycles. The number of nitrogens with zero attached hydrogens (tertiary/aromatic N) is 2. The molecular weight excluding hydrogens is 420 g/mol. The van der Waals surface area contributed by atoms with Crippen LogP contribution in [0.25, 0.3) is 0 Å². The van der Waals surface area contributed by atoms with E-state index in [1.54, 1.807) is 7.05 Å². The number of amides is 3. The molecule has 2 aliphatic heterocycles. The van der Waals surface area contributed by atoms with Crippen LogP contribution in [0, 0.1) is 0 Å². The van der Waals surface area contributed by atoms with Crippen LogP contribution < -0.4 is 10.6 Å². The number of carbonyl (C=O) groups excluding carboxylic acids is 5. The number of likely N-dealkylation sites (N-methyl/N-ethyl adjacent to an activating group) is 1. The summed E-state index contributed by atoms with van der Waals surface area (Å²) in [4.78, 5) is 61.7. The number of Topliss-reactive ketones (excluding diaryl/α,β-unsaturated/α-hetero) is 2. The van der Waals surface area contributed by atoms with Gasteiger partial charge in [0.2, 0.25) is 11.8 Å². The Balaban J connectivity index is 2.24. The zero-order valence-corrected chi connectivity index (χ0v) is 17.1. The molecule has 2 N–H and O–H groups in total. The Morgan fingerprint density at radius 1 is 1.26 bits per heavy atom. The van der Waals surface area contributed by atoms with Crippen LogP contribution in [0.15, 0.2) is 0 Å². The number of rotatable bonds is 7. The normalized spacial score (nSPS) is 24.1. The van der Waals surface area contributed by atoms with Gasteiger partial charge in [0.15, 0.2) is 5.78 Å². The van der Waals surface area contributed by atoms with Gasteiger partial charge in [-0.3, -0.25) is 29.0 Å². The van der Waals surface area contributed by atoms with Gasteiger partial charge in [-0.05, 0) is 33.2 Å². The van der Waals surface area contributed by atoms with Crippen LogP contribution in [-0.2, 0) is 24.0 Å². The first-order valence-electron chi connectivity index (χ1n) is 8.99. The Morgan fingerprint density at radius 3 is 2.56 bits per heavy atom. The molecule has 0 aromatic rings. The summed E-state index contributed by atoms with van der Waals surface area (Å²) in [6, 6.07) is -2.39. The van der Waals surface area contributed by atoms with Crippen LogP contribution in [0.1, 0.15) is 39.0 Å². The van der Waals surface area contributed by atoms with E-state index in [1.165, 1.54) is 16.9 Å². The van der Waals surface area contributed by atoms with Crippen molar-refractivity contribution in [3.63, 3.8) is 0 Å². The number of hydrogen-bond donors (Lipinski definition) is 2. The Labute approximate surface area is 166 Å². The van der Waals surface area contributed by atoms with Gasteiger partial charge < -0.3 is 10.6 Å². The molecule has 0 bridgehead atoms. The maximum atomic E-state index is 12.9. The second-order valence-corrected chi connectivity index (χ2v) is 7.37. The average molecular weight is 445 g/mol. The third-order valence-electron chi connectivity index (χ3n) is 4.84. The maximum absolute atomic E-state index is 12.9. The largest absolute Gasteiger partial charge is 0.344 e. The van der Waals surface area contributed by atoms with Crippen LogP contribution in [0.2, 0.25) is 0 Å². The van der Waals surface area contributed by atoms with Gasteiger partial charge in [0, 0.05) is 19.4 Å². The van der Waals surface area contributed by atoms with Crippen molar-refractivity contribution in [3.05, 3.63) is 0 Å². The molecule has 27 heavy (non-hydrogen) atoms. The van der Waals surface area contributed by atoms with Crippen LogP contribution in [0.3, 0.4) is 0 Å². The lowest BCUT2D eigenvalue weighted by atomic mass is 10.0. The first-order valence-corrected chi connectivity index (χ1v) is 10.1. The second kappa shape index (κ2) is 9.41. The molecule has 0 spiro atoms. The highest BCUT2D eigenvalue weighted by Gasteiger charge is 2.44. The van der Waals surface area contributed by atoms with Crippen LogP contribution in [0.4, 0.5) is 0 Å². The summed E-state index contributed by atoms with van der Waals surface area (Å²) in [6.07, 6.45) is 1.43. The Kier molecular flexibility index (Phi) is 7.49. The van der Waals surface area contributed by atoms with Gasteiger partial charge in [-0.15, -0.1) is 0 Å².